The molecule has 1 amide bonds. The number of rotatable bonds is 6. The minimum Gasteiger partial charge on any atom is -0.456 e. The molecule has 0 saturated heterocycles. The van der Waals surface area contributed by atoms with Gasteiger partial charge in [0.05, 0.1) is 6.20 Å². The molecule has 1 aromatic carbocycles. The maximum absolute atomic E-state index is 11.9. The van der Waals surface area contributed by atoms with Crippen LogP contribution in [0.4, 0.5) is 0 Å². The molecule has 0 aliphatic carbocycles. The van der Waals surface area contributed by atoms with E-state index in [9.17, 15) is 4.79 Å². The highest BCUT2D eigenvalue weighted by Gasteiger charge is 2.07. The lowest BCUT2D eigenvalue weighted by molar-refractivity contribution is 0.0950. The van der Waals surface area contributed by atoms with Crippen LogP contribution in [0.1, 0.15) is 17.3 Å². The molecule has 2 aromatic rings. The number of carbonyl (C=O) groups excluding carboxylic acids is 1. The van der Waals surface area contributed by atoms with Gasteiger partial charge in [-0.3, -0.25) is 9.78 Å². The smallest absolute Gasteiger partial charge is 0.251 e. The van der Waals surface area contributed by atoms with Crippen molar-refractivity contribution in [1.29, 1.82) is 0 Å². The van der Waals surface area contributed by atoms with Crippen LogP contribution in [0.25, 0.3) is 0 Å². The molecular weight excluding hydrogens is 266 g/mol. The molecule has 1 aromatic heterocycles. The molecule has 0 saturated carbocycles. The maximum Gasteiger partial charge on any atom is 0.251 e. The van der Waals surface area contributed by atoms with Gasteiger partial charge in [0.1, 0.15) is 11.5 Å². The van der Waals surface area contributed by atoms with Gasteiger partial charge in [-0.2, -0.15) is 0 Å². The standard InChI is InChI=1S/C16H19N3O2/c1-12(17-2)10-19-16(20)13-5-7-14(8-6-13)21-15-4-3-9-18-11-15/h3-9,11-12,17H,10H2,1-2H3,(H,19,20). The van der Waals surface area contributed by atoms with Gasteiger partial charge in [0.15, 0.2) is 0 Å². The zero-order valence-corrected chi connectivity index (χ0v) is 12.2. The Morgan fingerprint density at radius 2 is 2.00 bits per heavy atom. The molecule has 1 atom stereocenters. The first kappa shape index (κ1) is 15.0. The van der Waals surface area contributed by atoms with Gasteiger partial charge in [0.2, 0.25) is 0 Å². The molecule has 0 fully saturated rings. The molecule has 1 unspecified atom stereocenters. The fourth-order valence-electron chi connectivity index (χ4n) is 1.67. The van der Waals surface area contributed by atoms with Gasteiger partial charge >= 0.3 is 0 Å². The minimum atomic E-state index is -0.0926. The summed E-state index contributed by atoms with van der Waals surface area (Å²) in [6.45, 7) is 2.59. The average Bonchev–Trinajstić information content (AvgIpc) is 2.54. The van der Waals surface area contributed by atoms with Crippen LogP contribution in [-0.4, -0.2) is 30.5 Å². The van der Waals surface area contributed by atoms with Gasteiger partial charge in [-0.15, -0.1) is 0 Å². The van der Waals surface area contributed by atoms with Crippen molar-refractivity contribution in [3.63, 3.8) is 0 Å². The summed E-state index contributed by atoms with van der Waals surface area (Å²) in [5.74, 6) is 1.24. The number of nitrogens with zero attached hydrogens (tertiary/aromatic N) is 1. The maximum atomic E-state index is 11.9. The first-order valence-electron chi connectivity index (χ1n) is 6.82. The number of benzene rings is 1. The van der Waals surface area contributed by atoms with E-state index in [-0.39, 0.29) is 11.9 Å². The van der Waals surface area contributed by atoms with Gasteiger partial charge in [0, 0.05) is 24.3 Å². The number of carbonyl (C=O) groups is 1. The number of aromatic nitrogens is 1. The summed E-state index contributed by atoms with van der Waals surface area (Å²) in [5.41, 5.74) is 0.608. The van der Waals surface area contributed by atoms with Crippen LogP contribution in [0.5, 0.6) is 11.5 Å². The Kier molecular flexibility index (Phi) is 5.29. The zero-order valence-electron chi connectivity index (χ0n) is 12.2. The van der Waals surface area contributed by atoms with Crippen LogP contribution in [0.2, 0.25) is 0 Å². The van der Waals surface area contributed by atoms with Crippen LogP contribution in [0, 0.1) is 0 Å². The molecule has 2 rings (SSSR count). The summed E-state index contributed by atoms with van der Waals surface area (Å²) in [7, 11) is 1.86. The molecule has 0 radical (unpaired) electrons. The highest BCUT2D eigenvalue weighted by atomic mass is 16.5. The Bertz CT molecular complexity index is 570. The van der Waals surface area contributed by atoms with E-state index < -0.39 is 0 Å². The van der Waals surface area contributed by atoms with Crippen molar-refractivity contribution in [2.24, 2.45) is 0 Å². The van der Waals surface area contributed by atoms with Gasteiger partial charge in [0.25, 0.3) is 5.91 Å². The van der Waals surface area contributed by atoms with Gasteiger partial charge in [-0.1, -0.05) is 0 Å². The average molecular weight is 285 g/mol. The van der Waals surface area contributed by atoms with Crippen LogP contribution in [-0.2, 0) is 0 Å². The second kappa shape index (κ2) is 7.40. The summed E-state index contributed by atoms with van der Waals surface area (Å²) in [4.78, 5) is 15.9. The Morgan fingerprint density at radius 1 is 1.24 bits per heavy atom. The van der Waals surface area contributed by atoms with Crippen molar-refractivity contribution in [3.8, 4) is 11.5 Å². The second-order valence-electron chi connectivity index (χ2n) is 4.71. The Labute approximate surface area is 124 Å². The predicted octanol–water partition coefficient (Wildman–Crippen LogP) is 2.21. The fraction of sp³-hybridized carbons (Fsp3) is 0.250. The second-order valence-corrected chi connectivity index (χ2v) is 4.71. The Hall–Kier alpha value is -2.40. The number of amides is 1. The Morgan fingerprint density at radius 3 is 2.62 bits per heavy atom. The Balaban J connectivity index is 1.94. The topological polar surface area (TPSA) is 63.2 Å². The molecule has 0 spiro atoms. The molecule has 0 bridgehead atoms. The monoisotopic (exact) mass is 285 g/mol. The van der Waals surface area contributed by atoms with E-state index in [1.165, 1.54) is 0 Å². The van der Waals surface area contributed by atoms with E-state index >= 15 is 0 Å². The van der Waals surface area contributed by atoms with Gasteiger partial charge in [-0.25, -0.2) is 0 Å². The van der Waals surface area contributed by atoms with Crippen molar-refractivity contribution in [3.05, 3.63) is 54.4 Å². The summed E-state index contributed by atoms with van der Waals surface area (Å²) >= 11 is 0. The van der Waals surface area contributed by atoms with Gasteiger partial charge < -0.3 is 15.4 Å². The van der Waals surface area contributed by atoms with Crippen LogP contribution in [0.15, 0.2) is 48.8 Å². The normalized spacial score (nSPS) is 11.7. The van der Waals surface area contributed by atoms with E-state index in [0.717, 1.165) is 0 Å². The molecule has 0 aliphatic heterocycles. The van der Waals surface area contributed by atoms with Crippen LogP contribution >= 0.6 is 0 Å². The highest BCUT2D eigenvalue weighted by Crippen LogP contribution is 2.20. The van der Waals surface area contributed by atoms with Crippen molar-refractivity contribution < 1.29 is 9.53 Å². The summed E-state index contributed by atoms with van der Waals surface area (Å²) in [6, 6.07) is 10.9. The van der Waals surface area contributed by atoms with E-state index in [1.807, 2.05) is 20.0 Å². The number of likely N-dealkylation sites (N-methyl/N-ethyl adjacent to an activating group) is 1. The molecule has 5 nitrogen and oxygen atoms in total. The zero-order chi connectivity index (χ0) is 15.1. The first-order chi connectivity index (χ1) is 10.2. The van der Waals surface area contributed by atoms with E-state index in [4.69, 9.17) is 4.74 Å². The molecule has 21 heavy (non-hydrogen) atoms. The van der Waals surface area contributed by atoms with Crippen molar-refractivity contribution >= 4 is 5.91 Å². The van der Waals surface area contributed by atoms with Crippen LogP contribution in [0.3, 0.4) is 0 Å². The van der Waals surface area contributed by atoms with Crippen molar-refractivity contribution in [1.82, 2.24) is 15.6 Å². The fourth-order valence-corrected chi connectivity index (χ4v) is 1.67. The number of hydrogen-bond acceptors (Lipinski definition) is 4. The predicted molar refractivity (Wildman–Crippen MR) is 81.6 cm³/mol. The quantitative estimate of drug-likeness (QED) is 0.854. The highest BCUT2D eigenvalue weighted by molar-refractivity contribution is 5.94. The van der Waals surface area contributed by atoms with E-state index in [1.54, 1.807) is 42.7 Å². The molecule has 5 heteroatoms. The molecule has 2 N–H and O–H groups in total. The molecule has 1 heterocycles. The third-order valence-electron chi connectivity index (χ3n) is 3.05. The molecule has 0 aliphatic rings. The summed E-state index contributed by atoms with van der Waals surface area (Å²) < 4.78 is 5.62. The number of pyridine rings is 1. The summed E-state index contributed by atoms with van der Waals surface area (Å²) in [5, 5.41) is 5.93. The number of hydrogen-bond donors (Lipinski definition) is 2. The van der Waals surface area contributed by atoms with E-state index in [0.29, 0.717) is 23.6 Å². The minimum absolute atomic E-state index is 0.0926. The van der Waals surface area contributed by atoms with Crippen molar-refractivity contribution in [2.45, 2.75) is 13.0 Å². The number of ether oxygens (including phenoxy) is 1. The third kappa shape index (κ3) is 4.57. The largest absolute Gasteiger partial charge is 0.456 e. The van der Waals surface area contributed by atoms with Gasteiger partial charge in [-0.05, 0) is 50.4 Å². The molecule has 110 valence electrons. The SMILES string of the molecule is CNC(C)CNC(=O)c1ccc(Oc2cccnc2)cc1. The lowest BCUT2D eigenvalue weighted by atomic mass is 10.2. The van der Waals surface area contributed by atoms with Crippen molar-refractivity contribution in [2.75, 3.05) is 13.6 Å². The number of nitrogens with one attached hydrogen (secondary N) is 2. The lowest BCUT2D eigenvalue weighted by Gasteiger charge is -2.11. The van der Waals surface area contributed by atoms with Crippen LogP contribution < -0.4 is 15.4 Å². The lowest BCUT2D eigenvalue weighted by Crippen LogP contribution is -2.37. The van der Waals surface area contributed by atoms with E-state index in [2.05, 4.69) is 15.6 Å². The molecular formula is C16H19N3O2. The third-order valence-corrected chi connectivity index (χ3v) is 3.05. The summed E-state index contributed by atoms with van der Waals surface area (Å²) in [6.07, 6.45) is 3.33. The first-order valence-corrected chi connectivity index (χ1v) is 6.82.